The maximum atomic E-state index is 11.5. The van der Waals surface area contributed by atoms with Crippen molar-refractivity contribution >= 4 is 5.97 Å². The predicted molar refractivity (Wildman–Crippen MR) is 115 cm³/mol. The Morgan fingerprint density at radius 2 is 1.72 bits per heavy atom. The highest BCUT2D eigenvalue weighted by Gasteiger charge is 2.61. The number of carboxylic acid groups (broad SMARTS) is 1. The molecule has 3 aliphatic rings. The van der Waals surface area contributed by atoms with E-state index in [-0.39, 0.29) is 29.5 Å². The molecule has 7 atom stereocenters. The maximum Gasteiger partial charge on any atom is 0.303 e. The lowest BCUT2D eigenvalue weighted by Crippen LogP contribution is -2.55. The van der Waals surface area contributed by atoms with Crippen LogP contribution in [0.25, 0.3) is 0 Å². The highest BCUT2D eigenvalue weighted by atomic mass is 16.4. The summed E-state index contributed by atoms with van der Waals surface area (Å²) in [5.74, 6) is 1.77. The molecule has 3 N–H and O–H groups in total. The molecule has 0 aromatic heterocycles. The van der Waals surface area contributed by atoms with Crippen LogP contribution in [0.4, 0.5) is 0 Å². The van der Waals surface area contributed by atoms with Gasteiger partial charge in [-0.15, -0.1) is 0 Å². The molecular weight excluding hydrogens is 364 g/mol. The molecule has 29 heavy (non-hydrogen) atoms. The molecule has 0 bridgehead atoms. The third-order valence-corrected chi connectivity index (χ3v) is 9.73. The van der Waals surface area contributed by atoms with Gasteiger partial charge in [0.2, 0.25) is 0 Å². The van der Waals surface area contributed by atoms with Gasteiger partial charge in [-0.25, -0.2) is 0 Å². The van der Waals surface area contributed by atoms with E-state index in [0.29, 0.717) is 36.0 Å². The van der Waals surface area contributed by atoms with E-state index in [1.165, 1.54) is 19.3 Å². The van der Waals surface area contributed by atoms with Gasteiger partial charge in [-0.05, 0) is 91.8 Å². The summed E-state index contributed by atoms with van der Waals surface area (Å²) in [5.41, 5.74) is 0.146. The second-order valence-electron chi connectivity index (χ2n) is 11.3. The lowest BCUT2D eigenvalue weighted by molar-refractivity contribution is -0.145. The van der Waals surface area contributed by atoms with Crippen LogP contribution in [0.5, 0.6) is 0 Å². The zero-order valence-corrected chi connectivity index (χ0v) is 19.1. The fraction of sp³-hybridized carbons (Fsp3) is 0.960. The monoisotopic (exact) mass is 408 g/mol. The number of aliphatic hydroxyl groups excluding tert-OH is 2. The van der Waals surface area contributed by atoms with Gasteiger partial charge < -0.3 is 15.3 Å². The SMILES string of the molecule is CCCC1C(C2(C)CCC(O)CC2)C[C@H](O)[C@@]2(C)C1CC[C@@H]2[C@H](C)CCC(=O)O. The summed E-state index contributed by atoms with van der Waals surface area (Å²) in [6, 6.07) is 0. The lowest BCUT2D eigenvalue weighted by atomic mass is 9.48. The van der Waals surface area contributed by atoms with Crippen molar-refractivity contribution in [3.05, 3.63) is 0 Å². The molecule has 0 aliphatic heterocycles. The number of rotatable bonds is 7. The molecular formula is C25H44O4. The minimum atomic E-state index is -0.711. The number of hydrogen-bond acceptors (Lipinski definition) is 3. The zero-order chi connectivity index (χ0) is 21.4. The number of aliphatic hydroxyl groups is 2. The quantitative estimate of drug-likeness (QED) is 0.537. The Hall–Kier alpha value is -0.610. The molecule has 0 aromatic rings. The average molecular weight is 409 g/mol. The van der Waals surface area contributed by atoms with Gasteiger partial charge in [-0.1, -0.05) is 40.5 Å². The molecule has 0 saturated heterocycles. The largest absolute Gasteiger partial charge is 0.481 e. The number of carboxylic acids is 1. The lowest BCUT2D eigenvalue weighted by Gasteiger charge is -2.58. The highest BCUT2D eigenvalue weighted by molar-refractivity contribution is 5.66. The Morgan fingerprint density at radius 3 is 2.31 bits per heavy atom. The van der Waals surface area contributed by atoms with Crippen molar-refractivity contribution in [2.45, 2.75) is 111 Å². The van der Waals surface area contributed by atoms with Crippen molar-refractivity contribution in [2.75, 3.05) is 0 Å². The standard InChI is InChI=1S/C25H44O4/c1-5-6-18-20-9-8-19(16(2)7-10-23(28)29)25(20,4)22(27)15-21(18)24(3)13-11-17(26)12-14-24/h16-22,26-27H,5-15H2,1-4H3,(H,28,29)/t16-,17?,18?,19-,20?,21?,22+,24?,25-/m1/s1. The topological polar surface area (TPSA) is 77.8 Å². The summed E-state index contributed by atoms with van der Waals surface area (Å²) >= 11 is 0. The van der Waals surface area contributed by atoms with Crippen molar-refractivity contribution in [1.82, 2.24) is 0 Å². The fourth-order valence-corrected chi connectivity index (χ4v) is 8.00. The maximum absolute atomic E-state index is 11.5. The van der Waals surface area contributed by atoms with E-state index >= 15 is 0 Å². The number of hydrogen-bond donors (Lipinski definition) is 3. The van der Waals surface area contributed by atoms with Crippen molar-refractivity contribution in [3.63, 3.8) is 0 Å². The van der Waals surface area contributed by atoms with Crippen molar-refractivity contribution in [1.29, 1.82) is 0 Å². The summed E-state index contributed by atoms with van der Waals surface area (Å²) in [6.07, 6.45) is 10.1. The molecule has 4 heteroatoms. The first-order valence-electron chi connectivity index (χ1n) is 12.2. The minimum absolute atomic E-state index is 0.0845. The Morgan fingerprint density at radius 1 is 1.07 bits per heavy atom. The van der Waals surface area contributed by atoms with Crippen LogP contribution in [-0.2, 0) is 4.79 Å². The molecule has 3 aliphatic carbocycles. The van der Waals surface area contributed by atoms with E-state index in [9.17, 15) is 15.0 Å². The first kappa shape index (κ1) is 23.1. The Labute approximate surface area is 177 Å². The summed E-state index contributed by atoms with van der Waals surface area (Å²) in [6.45, 7) is 9.24. The second-order valence-corrected chi connectivity index (χ2v) is 11.3. The van der Waals surface area contributed by atoms with Crippen LogP contribution >= 0.6 is 0 Å². The molecule has 4 nitrogen and oxygen atoms in total. The molecule has 3 unspecified atom stereocenters. The van der Waals surface area contributed by atoms with Crippen LogP contribution in [-0.4, -0.2) is 33.5 Å². The molecule has 3 fully saturated rings. The van der Waals surface area contributed by atoms with Crippen LogP contribution in [0.2, 0.25) is 0 Å². The highest BCUT2D eigenvalue weighted by Crippen LogP contribution is 2.65. The normalized spacial score (nSPS) is 46.3. The first-order chi connectivity index (χ1) is 13.6. The zero-order valence-electron chi connectivity index (χ0n) is 19.1. The molecule has 0 amide bonds. The van der Waals surface area contributed by atoms with Crippen LogP contribution in [0.3, 0.4) is 0 Å². The molecule has 0 spiro atoms. The smallest absolute Gasteiger partial charge is 0.303 e. The van der Waals surface area contributed by atoms with Gasteiger partial charge in [0.05, 0.1) is 12.2 Å². The van der Waals surface area contributed by atoms with Gasteiger partial charge in [-0.3, -0.25) is 4.79 Å². The molecule has 0 radical (unpaired) electrons. The van der Waals surface area contributed by atoms with E-state index in [0.717, 1.165) is 38.5 Å². The summed E-state index contributed by atoms with van der Waals surface area (Å²) in [7, 11) is 0. The van der Waals surface area contributed by atoms with E-state index in [2.05, 4.69) is 27.7 Å². The third kappa shape index (κ3) is 4.26. The van der Waals surface area contributed by atoms with Crippen LogP contribution in [0, 0.1) is 40.4 Å². The van der Waals surface area contributed by atoms with Gasteiger partial charge in [-0.2, -0.15) is 0 Å². The Kier molecular flexibility index (Phi) is 7.05. The summed E-state index contributed by atoms with van der Waals surface area (Å²) in [4.78, 5) is 11.1. The van der Waals surface area contributed by atoms with Gasteiger partial charge >= 0.3 is 5.97 Å². The minimum Gasteiger partial charge on any atom is -0.481 e. The average Bonchev–Trinajstić information content (AvgIpc) is 3.03. The van der Waals surface area contributed by atoms with E-state index < -0.39 is 5.97 Å². The van der Waals surface area contributed by atoms with Crippen LogP contribution < -0.4 is 0 Å². The van der Waals surface area contributed by atoms with Gasteiger partial charge in [0.25, 0.3) is 0 Å². The van der Waals surface area contributed by atoms with Gasteiger partial charge in [0.1, 0.15) is 0 Å². The molecule has 0 aromatic carbocycles. The molecule has 3 rings (SSSR count). The van der Waals surface area contributed by atoms with Gasteiger partial charge in [0, 0.05) is 6.42 Å². The van der Waals surface area contributed by atoms with Gasteiger partial charge in [0.15, 0.2) is 0 Å². The van der Waals surface area contributed by atoms with E-state index in [1.807, 2.05) is 0 Å². The fourth-order valence-electron chi connectivity index (χ4n) is 8.00. The second kappa shape index (κ2) is 8.86. The molecule has 0 heterocycles. The first-order valence-corrected chi connectivity index (χ1v) is 12.2. The number of aliphatic carboxylic acids is 1. The van der Waals surface area contributed by atoms with Crippen molar-refractivity contribution < 1.29 is 20.1 Å². The third-order valence-electron chi connectivity index (χ3n) is 9.73. The van der Waals surface area contributed by atoms with Crippen LogP contribution in [0.15, 0.2) is 0 Å². The number of fused-ring (bicyclic) bond motifs is 1. The van der Waals surface area contributed by atoms with Crippen molar-refractivity contribution in [3.8, 4) is 0 Å². The Balaban J connectivity index is 1.84. The van der Waals surface area contributed by atoms with E-state index in [1.54, 1.807) is 0 Å². The molecule has 168 valence electrons. The Bertz CT molecular complexity index is 567. The summed E-state index contributed by atoms with van der Waals surface area (Å²) in [5, 5.41) is 30.7. The number of carbonyl (C=O) groups is 1. The van der Waals surface area contributed by atoms with Crippen molar-refractivity contribution in [2.24, 2.45) is 40.4 Å². The van der Waals surface area contributed by atoms with Crippen LogP contribution in [0.1, 0.15) is 98.3 Å². The predicted octanol–water partition coefficient (Wildman–Crippen LogP) is 5.26. The summed E-state index contributed by atoms with van der Waals surface area (Å²) < 4.78 is 0. The van der Waals surface area contributed by atoms with E-state index in [4.69, 9.17) is 5.11 Å². The molecule has 3 saturated carbocycles.